The third-order valence-electron chi connectivity index (χ3n) is 3.20. The molecule has 0 saturated carbocycles. The summed E-state index contributed by atoms with van der Waals surface area (Å²) >= 11 is 1.26. The minimum Gasteiger partial charge on any atom is -0.293 e. The monoisotopic (exact) mass is 297 g/mol. The molecule has 8 heteroatoms. The number of imidazole rings is 1. The number of hydrogen-bond acceptors (Lipinski definition) is 6. The first kappa shape index (κ1) is 11.9. The zero-order valence-corrected chi connectivity index (χ0v) is 11.3. The van der Waals surface area contributed by atoms with Crippen molar-refractivity contribution in [2.45, 2.75) is 0 Å². The Morgan fingerprint density at radius 1 is 1.05 bits per heavy atom. The average Bonchev–Trinajstić information content (AvgIpc) is 3.12. The molecule has 21 heavy (non-hydrogen) atoms. The van der Waals surface area contributed by atoms with Crippen molar-refractivity contribution in [2.24, 2.45) is 0 Å². The summed E-state index contributed by atoms with van der Waals surface area (Å²) < 4.78 is 7.35. The number of fused-ring (bicyclic) bond motifs is 3. The minimum absolute atomic E-state index is 0.0475. The van der Waals surface area contributed by atoms with E-state index in [1.807, 2.05) is 12.1 Å². The van der Waals surface area contributed by atoms with E-state index in [1.165, 1.54) is 23.9 Å². The molecule has 0 unspecified atom stereocenters. The molecule has 4 rings (SSSR count). The minimum atomic E-state index is -0.430. The lowest BCUT2D eigenvalue weighted by molar-refractivity contribution is -0.384. The van der Waals surface area contributed by atoms with Crippen molar-refractivity contribution in [1.82, 2.24) is 18.7 Å². The summed E-state index contributed by atoms with van der Waals surface area (Å²) in [5.74, 6) is 0.542. The van der Waals surface area contributed by atoms with Gasteiger partial charge in [-0.15, -0.1) is 0 Å². The fraction of sp³-hybridized carbons (Fsp3) is 0. The largest absolute Gasteiger partial charge is 0.293 e. The molecule has 7 nitrogen and oxygen atoms in total. The molecule has 0 saturated heterocycles. The van der Waals surface area contributed by atoms with Gasteiger partial charge in [0.2, 0.25) is 0 Å². The van der Waals surface area contributed by atoms with Crippen LogP contribution >= 0.6 is 11.7 Å². The first-order valence-electron chi connectivity index (χ1n) is 6.08. The second-order valence-electron chi connectivity index (χ2n) is 4.47. The van der Waals surface area contributed by atoms with Crippen LogP contribution in [0.1, 0.15) is 0 Å². The lowest BCUT2D eigenvalue weighted by Gasteiger charge is -1.94. The average molecular weight is 297 g/mol. The molecule has 2 aromatic heterocycles. The molecule has 0 aliphatic rings. The van der Waals surface area contributed by atoms with E-state index in [1.54, 1.807) is 12.1 Å². The number of nitrogens with one attached hydrogen (secondary N) is 1. The van der Waals surface area contributed by atoms with Crippen LogP contribution in [-0.4, -0.2) is 23.6 Å². The highest BCUT2D eigenvalue weighted by atomic mass is 32.1. The SMILES string of the molecule is O=[N+]([O-])c1ccc(-c2nc3ccc4[nH]snc4c3n2)cc1. The van der Waals surface area contributed by atoms with E-state index in [2.05, 4.69) is 18.7 Å². The lowest BCUT2D eigenvalue weighted by atomic mass is 10.2. The van der Waals surface area contributed by atoms with Gasteiger partial charge in [0.15, 0.2) is 5.82 Å². The molecule has 0 bridgehead atoms. The maximum atomic E-state index is 10.7. The van der Waals surface area contributed by atoms with Crippen LogP contribution < -0.4 is 0 Å². The fourth-order valence-corrected chi connectivity index (χ4v) is 2.75. The van der Waals surface area contributed by atoms with Crippen LogP contribution in [0.25, 0.3) is 33.5 Å². The predicted molar refractivity (Wildman–Crippen MR) is 79.2 cm³/mol. The van der Waals surface area contributed by atoms with Gasteiger partial charge in [-0.3, -0.25) is 14.5 Å². The summed E-state index contributed by atoms with van der Waals surface area (Å²) in [6.07, 6.45) is 0. The molecule has 2 heterocycles. The van der Waals surface area contributed by atoms with Gasteiger partial charge in [0, 0.05) is 29.4 Å². The van der Waals surface area contributed by atoms with E-state index in [0.717, 1.165) is 27.6 Å². The van der Waals surface area contributed by atoms with Crippen LogP contribution in [-0.2, 0) is 0 Å². The second kappa shape index (κ2) is 4.32. The van der Waals surface area contributed by atoms with E-state index in [4.69, 9.17) is 0 Å². The molecule has 0 atom stereocenters. The predicted octanol–water partition coefficient (Wildman–Crippen LogP) is 3.14. The quantitative estimate of drug-likeness (QED) is 0.452. The van der Waals surface area contributed by atoms with Gasteiger partial charge in [0.1, 0.15) is 11.0 Å². The van der Waals surface area contributed by atoms with E-state index in [0.29, 0.717) is 5.82 Å². The lowest BCUT2D eigenvalue weighted by Crippen LogP contribution is -1.87. The Balaban J connectivity index is 1.88. The molecule has 0 aliphatic heterocycles. The number of nitrogens with zero attached hydrogens (tertiary/aromatic N) is 4. The Kier molecular flexibility index (Phi) is 2.45. The number of aromatic nitrogens is 4. The molecule has 0 radical (unpaired) electrons. The van der Waals surface area contributed by atoms with E-state index < -0.39 is 4.92 Å². The summed E-state index contributed by atoms with van der Waals surface area (Å²) in [6, 6.07) is 9.98. The van der Waals surface area contributed by atoms with Crippen LogP contribution in [0, 0.1) is 10.1 Å². The number of hydrogen-bond donors (Lipinski definition) is 1. The van der Waals surface area contributed by atoms with Crippen LogP contribution in [0.2, 0.25) is 0 Å². The maximum Gasteiger partial charge on any atom is 0.269 e. The van der Waals surface area contributed by atoms with Crippen LogP contribution in [0.15, 0.2) is 36.4 Å². The topological polar surface area (TPSA) is 97.6 Å². The zero-order valence-electron chi connectivity index (χ0n) is 10.5. The first-order chi connectivity index (χ1) is 10.2. The molecule has 2 aromatic carbocycles. The molecular formula is C13H7N5O2S. The fourth-order valence-electron chi connectivity index (χ4n) is 2.17. The van der Waals surface area contributed by atoms with Gasteiger partial charge < -0.3 is 0 Å². The number of non-ortho nitro benzene ring substituents is 1. The number of aromatic amines is 1. The van der Waals surface area contributed by atoms with Crippen LogP contribution in [0.3, 0.4) is 0 Å². The Bertz CT molecular complexity index is 973. The Morgan fingerprint density at radius 3 is 2.62 bits per heavy atom. The summed E-state index contributed by atoms with van der Waals surface area (Å²) in [5.41, 5.74) is 3.99. The summed E-state index contributed by atoms with van der Waals surface area (Å²) in [6.45, 7) is 0. The third-order valence-corrected chi connectivity index (χ3v) is 3.79. The molecule has 4 aromatic rings. The molecule has 102 valence electrons. The highest BCUT2D eigenvalue weighted by Crippen LogP contribution is 2.26. The van der Waals surface area contributed by atoms with E-state index >= 15 is 0 Å². The van der Waals surface area contributed by atoms with Gasteiger partial charge in [0.05, 0.1) is 16.0 Å². The normalized spacial score (nSPS) is 11.2. The molecule has 0 aliphatic carbocycles. The second-order valence-corrected chi connectivity index (χ2v) is 5.03. The van der Waals surface area contributed by atoms with Crippen molar-refractivity contribution in [1.29, 1.82) is 0 Å². The molecule has 1 N–H and O–H groups in total. The van der Waals surface area contributed by atoms with Crippen molar-refractivity contribution in [3.63, 3.8) is 0 Å². The molecule has 0 fully saturated rings. The van der Waals surface area contributed by atoms with Gasteiger partial charge >= 0.3 is 0 Å². The Labute approximate surface area is 121 Å². The van der Waals surface area contributed by atoms with Gasteiger partial charge in [-0.05, 0) is 24.3 Å². The molecule has 0 amide bonds. The number of H-pyrrole nitrogens is 1. The Hall–Kier alpha value is -2.87. The van der Waals surface area contributed by atoms with Gasteiger partial charge in [-0.2, -0.15) is 4.37 Å². The number of benzene rings is 2. The highest BCUT2D eigenvalue weighted by Gasteiger charge is 2.12. The van der Waals surface area contributed by atoms with E-state index in [9.17, 15) is 10.1 Å². The van der Waals surface area contributed by atoms with Crippen molar-refractivity contribution in [2.75, 3.05) is 0 Å². The third kappa shape index (κ3) is 1.84. The van der Waals surface area contributed by atoms with Crippen molar-refractivity contribution in [3.05, 3.63) is 46.5 Å². The number of nitro groups is 1. The number of rotatable bonds is 2. The molecular weight excluding hydrogens is 290 g/mol. The van der Waals surface area contributed by atoms with Crippen molar-refractivity contribution in [3.8, 4) is 11.4 Å². The number of nitro benzene ring substituents is 1. The summed E-state index contributed by atoms with van der Waals surface area (Å²) in [5, 5.41) is 10.7. The van der Waals surface area contributed by atoms with Gasteiger partial charge in [-0.1, -0.05) is 0 Å². The van der Waals surface area contributed by atoms with Crippen molar-refractivity contribution < 1.29 is 4.92 Å². The highest BCUT2D eigenvalue weighted by molar-refractivity contribution is 7.00. The zero-order chi connectivity index (χ0) is 14.4. The van der Waals surface area contributed by atoms with Crippen molar-refractivity contribution >= 4 is 39.5 Å². The van der Waals surface area contributed by atoms with Crippen LogP contribution in [0.5, 0.6) is 0 Å². The summed E-state index contributed by atoms with van der Waals surface area (Å²) in [7, 11) is 0. The summed E-state index contributed by atoms with van der Waals surface area (Å²) in [4.78, 5) is 19.2. The van der Waals surface area contributed by atoms with Gasteiger partial charge in [-0.25, -0.2) is 9.97 Å². The van der Waals surface area contributed by atoms with Crippen LogP contribution in [0.4, 0.5) is 5.69 Å². The van der Waals surface area contributed by atoms with Gasteiger partial charge in [0.25, 0.3) is 5.69 Å². The smallest absolute Gasteiger partial charge is 0.269 e. The maximum absolute atomic E-state index is 10.7. The standard InChI is InChI=1S/C13H7N5O2S/c19-18(20)8-3-1-7(2-4-8)13-14-9-5-6-10-12(11(9)15-13)17-21-16-10/h1-6,16H. The molecule has 0 spiro atoms. The van der Waals surface area contributed by atoms with E-state index in [-0.39, 0.29) is 5.69 Å². The first-order valence-corrected chi connectivity index (χ1v) is 6.85. The Morgan fingerprint density at radius 2 is 1.86 bits per heavy atom.